The second kappa shape index (κ2) is 4.91. The summed E-state index contributed by atoms with van der Waals surface area (Å²) < 4.78 is 17.2. The summed E-state index contributed by atoms with van der Waals surface area (Å²) in [5.41, 5.74) is 0. The zero-order valence-electron chi connectivity index (χ0n) is 6.43. The quantitative estimate of drug-likeness (QED) is 0.600. The average Bonchev–Trinajstić information content (AvgIpc) is 2.06. The van der Waals surface area contributed by atoms with Crippen molar-refractivity contribution in [3.63, 3.8) is 0 Å². The highest BCUT2D eigenvalue weighted by atomic mass is 35.5. The molecule has 0 aromatic carbocycles. The van der Waals surface area contributed by atoms with Crippen molar-refractivity contribution < 1.29 is 9.13 Å². The van der Waals surface area contributed by atoms with Gasteiger partial charge < -0.3 is 4.74 Å². The number of alkyl halides is 2. The molecule has 0 aromatic heterocycles. The van der Waals surface area contributed by atoms with Gasteiger partial charge in [-0.15, -0.1) is 11.6 Å². The Morgan fingerprint density at radius 2 is 2.45 bits per heavy atom. The third-order valence-corrected chi connectivity index (χ3v) is 2.26. The largest absolute Gasteiger partial charge is 0.378 e. The smallest absolute Gasteiger partial charge is 0.102 e. The molecule has 1 saturated heterocycles. The van der Waals surface area contributed by atoms with Gasteiger partial charge >= 0.3 is 0 Å². The summed E-state index contributed by atoms with van der Waals surface area (Å²) in [6, 6.07) is 0.209. The maximum atomic E-state index is 12.0. The summed E-state index contributed by atoms with van der Waals surface area (Å²) in [7, 11) is 0. The van der Waals surface area contributed by atoms with Gasteiger partial charge in [0.25, 0.3) is 0 Å². The Morgan fingerprint density at radius 3 is 3.09 bits per heavy atom. The third kappa shape index (κ3) is 2.58. The Hall–Kier alpha value is 0.140. The Bertz CT molecular complexity index is 113. The molecule has 0 N–H and O–H groups in total. The molecule has 0 saturated carbocycles. The molecule has 1 atom stereocenters. The first-order valence-corrected chi connectivity index (χ1v) is 4.35. The molecule has 0 aliphatic carbocycles. The van der Waals surface area contributed by atoms with Gasteiger partial charge in [0, 0.05) is 25.0 Å². The molecule has 1 aliphatic heterocycles. The number of nitrogens with zero attached hydrogens (tertiary/aromatic N) is 1. The minimum Gasteiger partial charge on any atom is -0.378 e. The average molecular weight is 182 g/mol. The van der Waals surface area contributed by atoms with Crippen molar-refractivity contribution >= 4 is 11.6 Å². The first-order valence-electron chi connectivity index (χ1n) is 3.82. The van der Waals surface area contributed by atoms with Crippen LogP contribution in [0.25, 0.3) is 0 Å². The normalized spacial score (nSPS) is 27.3. The van der Waals surface area contributed by atoms with Crippen molar-refractivity contribution in [2.24, 2.45) is 0 Å². The molecule has 1 rings (SSSR count). The van der Waals surface area contributed by atoms with Gasteiger partial charge in [-0.25, -0.2) is 4.39 Å². The third-order valence-electron chi connectivity index (χ3n) is 1.90. The number of hydrogen-bond donors (Lipinski definition) is 0. The van der Waals surface area contributed by atoms with E-state index in [0.29, 0.717) is 25.6 Å². The van der Waals surface area contributed by atoms with E-state index >= 15 is 0 Å². The molecule has 0 amide bonds. The van der Waals surface area contributed by atoms with Crippen LogP contribution in [-0.2, 0) is 4.74 Å². The lowest BCUT2D eigenvalue weighted by Gasteiger charge is -2.33. The van der Waals surface area contributed by atoms with E-state index < -0.39 is 0 Å². The van der Waals surface area contributed by atoms with E-state index in [2.05, 4.69) is 0 Å². The van der Waals surface area contributed by atoms with Crippen LogP contribution in [0.5, 0.6) is 0 Å². The molecule has 0 aromatic rings. The molecule has 66 valence electrons. The molecule has 1 unspecified atom stereocenters. The van der Waals surface area contributed by atoms with Crippen molar-refractivity contribution in [2.45, 2.75) is 6.04 Å². The fourth-order valence-electron chi connectivity index (χ4n) is 1.23. The van der Waals surface area contributed by atoms with E-state index in [1.165, 1.54) is 0 Å². The van der Waals surface area contributed by atoms with Crippen molar-refractivity contribution in [3.8, 4) is 0 Å². The zero-order valence-corrected chi connectivity index (χ0v) is 7.19. The van der Waals surface area contributed by atoms with Crippen molar-refractivity contribution in [1.29, 1.82) is 0 Å². The molecule has 1 fully saturated rings. The van der Waals surface area contributed by atoms with Gasteiger partial charge in [-0.05, 0) is 0 Å². The number of hydrogen-bond acceptors (Lipinski definition) is 2. The number of ether oxygens (including phenoxy) is 1. The van der Waals surface area contributed by atoms with E-state index in [4.69, 9.17) is 16.3 Å². The van der Waals surface area contributed by atoms with Crippen molar-refractivity contribution in [2.75, 3.05) is 38.9 Å². The van der Waals surface area contributed by atoms with Crippen LogP contribution >= 0.6 is 11.6 Å². The van der Waals surface area contributed by atoms with Crippen LogP contribution in [0.15, 0.2) is 0 Å². The lowest BCUT2D eigenvalue weighted by molar-refractivity contribution is -0.00109. The van der Waals surface area contributed by atoms with Gasteiger partial charge in [0.2, 0.25) is 0 Å². The van der Waals surface area contributed by atoms with Crippen molar-refractivity contribution in [3.05, 3.63) is 0 Å². The number of rotatable bonds is 3. The maximum Gasteiger partial charge on any atom is 0.102 e. The van der Waals surface area contributed by atoms with E-state index in [1.807, 2.05) is 4.90 Å². The maximum absolute atomic E-state index is 12.0. The molecule has 0 spiro atoms. The van der Waals surface area contributed by atoms with Gasteiger partial charge in [-0.3, -0.25) is 4.90 Å². The van der Waals surface area contributed by atoms with Crippen LogP contribution in [0, 0.1) is 0 Å². The van der Waals surface area contributed by atoms with Crippen LogP contribution < -0.4 is 0 Å². The van der Waals surface area contributed by atoms with Crippen LogP contribution in [0.3, 0.4) is 0 Å². The van der Waals surface area contributed by atoms with Crippen LogP contribution in [0.4, 0.5) is 4.39 Å². The number of morpholine rings is 1. The SMILES string of the molecule is FCCN1CCOCC1CCl. The standard InChI is InChI=1S/C7H13ClFNO/c8-5-7-6-11-4-3-10(7)2-1-9/h7H,1-6H2. The first-order chi connectivity index (χ1) is 5.38. The Kier molecular flexibility index (Phi) is 4.12. The molecule has 1 aliphatic rings. The number of halogens is 2. The van der Waals surface area contributed by atoms with Gasteiger partial charge in [-0.1, -0.05) is 0 Å². The van der Waals surface area contributed by atoms with E-state index in [1.54, 1.807) is 0 Å². The topological polar surface area (TPSA) is 12.5 Å². The summed E-state index contributed by atoms with van der Waals surface area (Å²) in [5, 5.41) is 0. The fraction of sp³-hybridized carbons (Fsp3) is 1.00. The minimum atomic E-state index is -0.298. The van der Waals surface area contributed by atoms with Crippen LogP contribution in [-0.4, -0.2) is 49.8 Å². The highest BCUT2D eigenvalue weighted by Crippen LogP contribution is 2.07. The molecule has 1 heterocycles. The highest BCUT2D eigenvalue weighted by molar-refractivity contribution is 6.18. The summed E-state index contributed by atoms with van der Waals surface area (Å²) in [6.07, 6.45) is 0. The van der Waals surface area contributed by atoms with Crippen LogP contribution in [0.1, 0.15) is 0 Å². The lowest BCUT2D eigenvalue weighted by atomic mass is 10.2. The van der Waals surface area contributed by atoms with Gasteiger partial charge in [0.1, 0.15) is 6.67 Å². The Labute approximate surface area is 71.3 Å². The lowest BCUT2D eigenvalue weighted by Crippen LogP contribution is -2.47. The Balaban J connectivity index is 2.31. The van der Waals surface area contributed by atoms with E-state index in [9.17, 15) is 4.39 Å². The Morgan fingerprint density at radius 1 is 1.64 bits per heavy atom. The molecule has 11 heavy (non-hydrogen) atoms. The van der Waals surface area contributed by atoms with E-state index in [0.717, 1.165) is 6.54 Å². The minimum absolute atomic E-state index is 0.209. The second-order valence-electron chi connectivity index (χ2n) is 2.61. The molecule has 0 bridgehead atoms. The summed E-state index contributed by atoms with van der Waals surface area (Å²) in [5.74, 6) is 0.528. The van der Waals surface area contributed by atoms with Gasteiger partial charge in [-0.2, -0.15) is 0 Å². The van der Waals surface area contributed by atoms with Gasteiger partial charge in [0.05, 0.1) is 13.2 Å². The molecule has 4 heteroatoms. The summed E-state index contributed by atoms with van der Waals surface area (Å²) >= 11 is 5.67. The molecular formula is C7H13ClFNO. The summed E-state index contributed by atoms with van der Waals surface area (Å²) in [4.78, 5) is 2.04. The highest BCUT2D eigenvalue weighted by Gasteiger charge is 2.21. The molecule has 0 radical (unpaired) electrons. The first kappa shape index (κ1) is 9.23. The zero-order chi connectivity index (χ0) is 8.10. The molecular weight excluding hydrogens is 169 g/mol. The monoisotopic (exact) mass is 181 g/mol. The second-order valence-corrected chi connectivity index (χ2v) is 2.92. The van der Waals surface area contributed by atoms with Crippen LogP contribution in [0.2, 0.25) is 0 Å². The predicted molar refractivity (Wildman–Crippen MR) is 42.9 cm³/mol. The van der Waals surface area contributed by atoms with Gasteiger partial charge in [0.15, 0.2) is 0 Å². The summed E-state index contributed by atoms with van der Waals surface area (Å²) in [6.45, 7) is 2.34. The van der Waals surface area contributed by atoms with Crippen molar-refractivity contribution in [1.82, 2.24) is 4.90 Å². The predicted octanol–water partition coefficient (Wildman–Crippen LogP) is 0.895. The van der Waals surface area contributed by atoms with E-state index in [-0.39, 0.29) is 12.7 Å². The molecule has 2 nitrogen and oxygen atoms in total. The fourth-order valence-corrected chi connectivity index (χ4v) is 1.52.